The molecule has 0 spiro atoms. The second-order valence-corrected chi connectivity index (χ2v) is 8.06. The van der Waals surface area contributed by atoms with Gasteiger partial charge in [0.2, 0.25) is 10.0 Å². The van der Waals surface area contributed by atoms with E-state index in [0.29, 0.717) is 11.4 Å². The molecule has 1 amide bonds. The Morgan fingerprint density at radius 1 is 1.23 bits per heavy atom. The molecule has 2 atom stereocenters. The molecule has 1 N–H and O–H groups in total. The van der Waals surface area contributed by atoms with E-state index >= 15 is 0 Å². The Labute approximate surface area is 151 Å². The number of carbonyl (C=O) groups excluding carboxylic acids is 1. The Morgan fingerprint density at radius 3 is 2.54 bits per heavy atom. The highest BCUT2D eigenvalue weighted by molar-refractivity contribution is 7.92. The minimum atomic E-state index is -3.56. The van der Waals surface area contributed by atoms with Crippen molar-refractivity contribution in [1.82, 2.24) is 5.32 Å². The van der Waals surface area contributed by atoms with Gasteiger partial charge in [0.15, 0.2) is 6.10 Å². The zero-order chi connectivity index (χ0) is 18.9. The molecular weight excluding hydrogens is 359 g/mol. The van der Waals surface area contributed by atoms with E-state index in [9.17, 15) is 17.6 Å². The van der Waals surface area contributed by atoms with Crippen molar-refractivity contribution < 1.29 is 22.3 Å². The number of carbonyl (C=O) groups is 1. The third-order valence-corrected chi connectivity index (χ3v) is 5.30. The molecule has 0 aliphatic carbocycles. The summed E-state index contributed by atoms with van der Waals surface area (Å²) in [4.78, 5) is 12.6. The van der Waals surface area contributed by atoms with Crippen molar-refractivity contribution in [2.24, 2.45) is 0 Å². The largest absolute Gasteiger partial charge is 0.476 e. The normalized spacial score (nSPS) is 17.8. The van der Waals surface area contributed by atoms with Crippen molar-refractivity contribution in [2.45, 2.75) is 19.1 Å². The standard InChI is InChI=1S/C18H19FN2O4S/c1-12(13-7-9-14(19)10-8-13)20-18(22)17-11-21(26(2,23)24)15-5-3-4-6-16(15)25-17/h3-10,12,17H,11H2,1-2H3,(H,20,22)/t12-,17+/m0/s1. The van der Waals surface area contributed by atoms with Crippen LogP contribution in [0.2, 0.25) is 0 Å². The summed E-state index contributed by atoms with van der Waals surface area (Å²) in [5.74, 6) is -0.466. The van der Waals surface area contributed by atoms with Crippen molar-refractivity contribution in [3.05, 3.63) is 59.9 Å². The van der Waals surface area contributed by atoms with Crippen LogP contribution in [-0.4, -0.2) is 33.2 Å². The topological polar surface area (TPSA) is 75.7 Å². The van der Waals surface area contributed by atoms with Gasteiger partial charge in [-0.05, 0) is 36.8 Å². The van der Waals surface area contributed by atoms with Crippen LogP contribution in [0.15, 0.2) is 48.5 Å². The molecule has 6 nitrogen and oxygen atoms in total. The predicted octanol–water partition coefficient (Wildman–Crippen LogP) is 2.23. The number of halogens is 1. The van der Waals surface area contributed by atoms with E-state index in [2.05, 4.69) is 5.32 Å². The summed E-state index contributed by atoms with van der Waals surface area (Å²) in [6.45, 7) is 1.65. The van der Waals surface area contributed by atoms with Gasteiger partial charge in [-0.3, -0.25) is 9.10 Å². The Balaban J connectivity index is 1.79. The van der Waals surface area contributed by atoms with E-state index < -0.39 is 22.0 Å². The monoisotopic (exact) mass is 378 g/mol. The fraction of sp³-hybridized carbons (Fsp3) is 0.278. The van der Waals surface area contributed by atoms with Crippen molar-refractivity contribution in [1.29, 1.82) is 0 Å². The highest BCUT2D eigenvalue weighted by Crippen LogP contribution is 2.34. The van der Waals surface area contributed by atoms with E-state index in [0.717, 1.165) is 11.8 Å². The van der Waals surface area contributed by atoms with Gasteiger partial charge in [0, 0.05) is 0 Å². The minimum absolute atomic E-state index is 0.113. The second-order valence-electron chi connectivity index (χ2n) is 6.15. The van der Waals surface area contributed by atoms with Crippen LogP contribution in [0.1, 0.15) is 18.5 Å². The zero-order valence-electron chi connectivity index (χ0n) is 14.3. The van der Waals surface area contributed by atoms with Crippen molar-refractivity contribution in [3.63, 3.8) is 0 Å². The first-order valence-electron chi connectivity index (χ1n) is 8.05. The Hall–Kier alpha value is -2.61. The molecule has 0 saturated heterocycles. The minimum Gasteiger partial charge on any atom is -0.476 e. The molecule has 0 saturated carbocycles. The van der Waals surface area contributed by atoms with Crippen LogP contribution >= 0.6 is 0 Å². The lowest BCUT2D eigenvalue weighted by molar-refractivity contribution is -0.128. The van der Waals surface area contributed by atoms with Crippen molar-refractivity contribution in [2.75, 3.05) is 17.1 Å². The van der Waals surface area contributed by atoms with E-state index in [1.54, 1.807) is 43.3 Å². The van der Waals surface area contributed by atoms with E-state index in [4.69, 9.17) is 4.74 Å². The summed E-state index contributed by atoms with van der Waals surface area (Å²) in [5.41, 5.74) is 1.14. The Morgan fingerprint density at radius 2 is 1.88 bits per heavy atom. The van der Waals surface area contributed by atoms with Crippen LogP contribution in [0.3, 0.4) is 0 Å². The Bertz CT molecular complexity index is 915. The first kappa shape index (κ1) is 18.2. The summed E-state index contributed by atoms with van der Waals surface area (Å²) in [6.07, 6.45) is 0.105. The molecule has 138 valence electrons. The number of nitrogens with one attached hydrogen (secondary N) is 1. The molecule has 0 bridgehead atoms. The van der Waals surface area contributed by atoms with Crippen LogP contribution in [-0.2, 0) is 14.8 Å². The van der Waals surface area contributed by atoms with Crippen LogP contribution in [0.25, 0.3) is 0 Å². The van der Waals surface area contributed by atoms with Gasteiger partial charge in [-0.15, -0.1) is 0 Å². The van der Waals surface area contributed by atoms with E-state index in [1.807, 2.05) is 0 Å². The summed E-state index contributed by atoms with van der Waals surface area (Å²) >= 11 is 0. The number of benzene rings is 2. The molecule has 3 rings (SSSR count). The lowest BCUT2D eigenvalue weighted by atomic mass is 10.1. The maximum absolute atomic E-state index is 13.0. The van der Waals surface area contributed by atoms with Crippen molar-refractivity contribution >= 4 is 21.6 Å². The lowest BCUT2D eigenvalue weighted by Crippen LogP contribution is -2.50. The molecule has 26 heavy (non-hydrogen) atoms. The number of hydrogen-bond donors (Lipinski definition) is 1. The summed E-state index contributed by atoms with van der Waals surface area (Å²) in [7, 11) is -3.56. The maximum atomic E-state index is 13.0. The number of amides is 1. The maximum Gasteiger partial charge on any atom is 0.263 e. The number of nitrogens with zero attached hydrogens (tertiary/aromatic N) is 1. The molecule has 0 unspecified atom stereocenters. The molecule has 0 radical (unpaired) electrons. The highest BCUT2D eigenvalue weighted by Gasteiger charge is 2.35. The molecule has 8 heteroatoms. The fourth-order valence-corrected chi connectivity index (χ4v) is 3.71. The number of para-hydroxylation sites is 2. The number of fused-ring (bicyclic) bond motifs is 1. The average Bonchev–Trinajstić information content (AvgIpc) is 2.60. The van der Waals surface area contributed by atoms with Gasteiger partial charge in [-0.2, -0.15) is 0 Å². The van der Waals surface area contributed by atoms with Crippen LogP contribution in [0.4, 0.5) is 10.1 Å². The molecule has 0 fully saturated rings. The first-order valence-corrected chi connectivity index (χ1v) is 9.90. The lowest BCUT2D eigenvalue weighted by Gasteiger charge is -2.34. The van der Waals surface area contributed by atoms with E-state index in [1.165, 1.54) is 16.4 Å². The molecule has 0 aromatic heterocycles. The molecule has 2 aromatic rings. The predicted molar refractivity (Wildman–Crippen MR) is 96.0 cm³/mol. The van der Waals surface area contributed by atoms with Gasteiger partial charge >= 0.3 is 0 Å². The first-order chi connectivity index (χ1) is 12.3. The van der Waals surface area contributed by atoms with Crippen molar-refractivity contribution in [3.8, 4) is 5.75 Å². The number of rotatable bonds is 4. The van der Waals surface area contributed by atoms with Crippen LogP contribution < -0.4 is 14.4 Å². The smallest absolute Gasteiger partial charge is 0.263 e. The summed E-state index contributed by atoms with van der Waals surface area (Å²) in [5, 5.41) is 2.78. The van der Waals surface area contributed by atoms with E-state index in [-0.39, 0.29) is 18.4 Å². The summed E-state index contributed by atoms with van der Waals surface area (Å²) in [6, 6.07) is 12.1. The number of sulfonamides is 1. The number of ether oxygens (including phenoxy) is 1. The third kappa shape index (κ3) is 3.80. The molecular formula is C18H19FN2O4S. The molecule has 1 aliphatic rings. The van der Waals surface area contributed by atoms with Crippen LogP contribution in [0.5, 0.6) is 5.75 Å². The number of hydrogen-bond acceptors (Lipinski definition) is 4. The third-order valence-electron chi connectivity index (χ3n) is 4.16. The van der Waals surface area contributed by atoms with Gasteiger partial charge in [0.25, 0.3) is 5.91 Å². The van der Waals surface area contributed by atoms with Crippen LogP contribution in [0, 0.1) is 5.82 Å². The average molecular weight is 378 g/mol. The van der Waals surface area contributed by atoms with Gasteiger partial charge in [0.05, 0.1) is 24.5 Å². The molecule has 1 aliphatic heterocycles. The van der Waals surface area contributed by atoms with Gasteiger partial charge < -0.3 is 10.1 Å². The molecule has 1 heterocycles. The quantitative estimate of drug-likeness (QED) is 0.885. The van der Waals surface area contributed by atoms with Gasteiger partial charge in [-0.1, -0.05) is 24.3 Å². The summed E-state index contributed by atoms with van der Waals surface area (Å²) < 4.78 is 44.1. The number of anilines is 1. The highest BCUT2D eigenvalue weighted by atomic mass is 32.2. The zero-order valence-corrected chi connectivity index (χ0v) is 15.2. The Kier molecular flexibility index (Phi) is 4.86. The second kappa shape index (κ2) is 6.95. The van der Waals surface area contributed by atoms with Gasteiger partial charge in [-0.25, -0.2) is 12.8 Å². The molecule has 2 aromatic carbocycles. The fourth-order valence-electron chi connectivity index (χ4n) is 2.79. The van der Waals surface area contributed by atoms with Gasteiger partial charge in [0.1, 0.15) is 11.6 Å². The SMILES string of the molecule is C[C@H](NC(=O)[C@H]1CN(S(C)(=O)=O)c2ccccc2O1)c1ccc(F)cc1.